The van der Waals surface area contributed by atoms with Crippen LogP contribution in [-0.2, 0) is 12.0 Å². The smallest absolute Gasteiger partial charge is 0.407 e. The van der Waals surface area contributed by atoms with E-state index in [0.717, 1.165) is 16.8 Å². The van der Waals surface area contributed by atoms with E-state index in [1.165, 1.54) is 4.90 Å². The number of piperazine rings is 1. The van der Waals surface area contributed by atoms with Crippen molar-refractivity contribution in [1.82, 2.24) is 15.0 Å². The lowest BCUT2D eigenvalue weighted by atomic mass is 9.86. The van der Waals surface area contributed by atoms with Crippen LogP contribution in [0.1, 0.15) is 22.6 Å². The van der Waals surface area contributed by atoms with Crippen molar-refractivity contribution in [2.24, 2.45) is 0 Å². The summed E-state index contributed by atoms with van der Waals surface area (Å²) in [5, 5.41) is 22.4. The molecular formula is C18H20N4O3. The highest BCUT2D eigenvalue weighted by atomic mass is 16.5. The van der Waals surface area contributed by atoms with Gasteiger partial charge in [-0.3, -0.25) is 4.90 Å². The van der Waals surface area contributed by atoms with Crippen LogP contribution < -0.4 is 0 Å². The number of hydrogen-bond donors (Lipinski definition) is 2. The lowest BCUT2D eigenvalue weighted by Gasteiger charge is -2.44. The van der Waals surface area contributed by atoms with Gasteiger partial charge in [-0.25, -0.2) is 4.79 Å². The Morgan fingerprint density at radius 3 is 2.60 bits per heavy atom. The lowest BCUT2D eigenvalue weighted by Crippen LogP contribution is -2.59. The number of rotatable bonds is 2. The van der Waals surface area contributed by atoms with Gasteiger partial charge in [0.15, 0.2) is 0 Å². The summed E-state index contributed by atoms with van der Waals surface area (Å²) in [5.41, 5.74) is 2.61. The fraction of sp³-hybridized carbons (Fsp3) is 0.389. The molecule has 1 unspecified atom stereocenters. The predicted molar refractivity (Wildman–Crippen MR) is 91.1 cm³/mol. The third-order valence-corrected chi connectivity index (χ3v) is 5.29. The summed E-state index contributed by atoms with van der Waals surface area (Å²) in [6.45, 7) is 3.83. The maximum Gasteiger partial charge on any atom is 0.407 e. The Morgan fingerprint density at radius 1 is 1.28 bits per heavy atom. The van der Waals surface area contributed by atoms with E-state index < -0.39 is 11.6 Å². The zero-order valence-electron chi connectivity index (χ0n) is 14.0. The molecule has 7 heteroatoms. The molecule has 1 aliphatic carbocycles. The third-order valence-electron chi connectivity index (χ3n) is 5.29. The van der Waals surface area contributed by atoms with Gasteiger partial charge in [0.25, 0.3) is 0 Å². The van der Waals surface area contributed by atoms with E-state index in [2.05, 4.69) is 10.1 Å². The van der Waals surface area contributed by atoms with Crippen molar-refractivity contribution in [2.45, 2.75) is 18.9 Å². The van der Waals surface area contributed by atoms with E-state index in [1.54, 1.807) is 0 Å². The molecule has 0 saturated carbocycles. The average molecular weight is 340 g/mol. The van der Waals surface area contributed by atoms with E-state index in [-0.39, 0.29) is 0 Å². The maximum absolute atomic E-state index is 11.2. The Morgan fingerprint density at radius 2 is 2.00 bits per heavy atom. The van der Waals surface area contributed by atoms with Gasteiger partial charge in [0.2, 0.25) is 0 Å². The number of fused-ring (bicyclic) bond motifs is 1. The highest BCUT2D eigenvalue weighted by Gasteiger charge is 2.51. The second-order valence-electron chi connectivity index (χ2n) is 6.65. The summed E-state index contributed by atoms with van der Waals surface area (Å²) in [6.07, 6.45) is -0.239. The number of hydrogen-bond acceptors (Lipinski definition) is 5. The Bertz CT molecular complexity index is 838. The number of aromatic nitrogens is 1. The number of carboxylic acid groups (broad SMARTS) is 1. The minimum Gasteiger partial charge on any atom is -0.465 e. The molecule has 2 heterocycles. The van der Waals surface area contributed by atoms with Crippen LogP contribution in [-0.4, -0.2) is 58.0 Å². The molecule has 130 valence electrons. The van der Waals surface area contributed by atoms with Gasteiger partial charge in [-0.15, -0.1) is 0 Å². The quantitative estimate of drug-likeness (QED) is 0.873. The van der Waals surface area contributed by atoms with Crippen molar-refractivity contribution in [3.63, 3.8) is 0 Å². The minimum absolute atomic E-state index is 0.428. The molecule has 0 spiro atoms. The summed E-state index contributed by atoms with van der Waals surface area (Å²) < 4.78 is 5.32. The van der Waals surface area contributed by atoms with Crippen LogP contribution in [0.5, 0.6) is 0 Å². The van der Waals surface area contributed by atoms with Gasteiger partial charge in [-0.05, 0) is 12.5 Å². The number of nitrogens with one attached hydrogen (secondary N) is 1. The first-order valence-electron chi connectivity index (χ1n) is 8.36. The Hall–Kier alpha value is -2.67. The van der Waals surface area contributed by atoms with Gasteiger partial charge < -0.3 is 19.9 Å². The summed E-state index contributed by atoms with van der Waals surface area (Å²) in [7, 11) is 0. The molecule has 0 bridgehead atoms. The molecule has 2 N–H and O–H groups in total. The average Bonchev–Trinajstić information content (AvgIpc) is 3.18. The number of amides is 1. The van der Waals surface area contributed by atoms with E-state index in [9.17, 15) is 9.90 Å². The molecular weight excluding hydrogens is 320 g/mol. The molecule has 1 amide bonds. The molecule has 25 heavy (non-hydrogen) atoms. The number of benzene rings is 1. The normalized spacial score (nSPS) is 23.7. The van der Waals surface area contributed by atoms with Gasteiger partial charge in [-0.1, -0.05) is 29.4 Å². The first kappa shape index (κ1) is 15.8. The second kappa shape index (κ2) is 5.70. The molecule has 1 atom stereocenters. The van der Waals surface area contributed by atoms with Crippen molar-refractivity contribution in [2.75, 3.05) is 26.2 Å². The summed E-state index contributed by atoms with van der Waals surface area (Å²) in [4.78, 5) is 14.8. The fourth-order valence-electron chi connectivity index (χ4n) is 4.00. The largest absolute Gasteiger partial charge is 0.465 e. The van der Waals surface area contributed by atoms with Crippen LogP contribution in [0.2, 0.25) is 0 Å². The zero-order valence-corrected chi connectivity index (χ0v) is 14.0. The molecule has 1 aromatic carbocycles. The predicted octanol–water partition coefficient (Wildman–Crippen LogP) is 2.10. The van der Waals surface area contributed by atoms with Gasteiger partial charge in [-0.2, -0.15) is 0 Å². The molecule has 1 aromatic heterocycles. The Balaban J connectivity index is 1.75. The van der Waals surface area contributed by atoms with E-state index in [1.807, 2.05) is 37.3 Å². The molecule has 1 fully saturated rings. The van der Waals surface area contributed by atoms with Crippen LogP contribution in [0.3, 0.4) is 0 Å². The van der Waals surface area contributed by atoms with Crippen molar-refractivity contribution < 1.29 is 14.4 Å². The maximum atomic E-state index is 11.2. The fourth-order valence-corrected chi connectivity index (χ4v) is 4.00. The summed E-state index contributed by atoms with van der Waals surface area (Å²) >= 11 is 0. The van der Waals surface area contributed by atoms with Crippen molar-refractivity contribution in [3.05, 3.63) is 52.9 Å². The van der Waals surface area contributed by atoms with Gasteiger partial charge >= 0.3 is 6.09 Å². The molecule has 2 aliphatic rings. The highest BCUT2D eigenvalue weighted by molar-refractivity contribution is 6.09. The minimum atomic E-state index is -0.893. The number of aryl methyl sites for hydroxylation is 1. The summed E-state index contributed by atoms with van der Waals surface area (Å²) in [5.74, 6) is 0.710. The second-order valence-corrected chi connectivity index (χ2v) is 6.65. The third kappa shape index (κ3) is 2.34. The van der Waals surface area contributed by atoms with Crippen LogP contribution >= 0.6 is 0 Å². The molecule has 0 radical (unpaired) electrons. The molecule has 7 nitrogen and oxygen atoms in total. The van der Waals surface area contributed by atoms with Crippen LogP contribution in [0.4, 0.5) is 4.79 Å². The Kier molecular flexibility index (Phi) is 3.61. The lowest BCUT2D eigenvalue weighted by molar-refractivity contribution is 0.0627. The van der Waals surface area contributed by atoms with Gasteiger partial charge in [0, 0.05) is 44.2 Å². The van der Waals surface area contributed by atoms with Gasteiger partial charge in [0.05, 0.1) is 5.71 Å². The van der Waals surface area contributed by atoms with E-state index >= 15 is 0 Å². The van der Waals surface area contributed by atoms with E-state index in [4.69, 9.17) is 9.93 Å². The first-order chi connectivity index (χ1) is 12.0. The monoisotopic (exact) mass is 340 g/mol. The topological polar surface area (TPSA) is 93.7 Å². The molecule has 1 saturated heterocycles. The van der Waals surface area contributed by atoms with Crippen molar-refractivity contribution >= 4 is 11.8 Å². The molecule has 4 rings (SSSR count). The number of nitrogens with zero attached hydrogens (tertiary/aromatic N) is 3. The van der Waals surface area contributed by atoms with Crippen LogP contribution in [0.15, 0.2) is 34.9 Å². The molecule has 2 aromatic rings. The zero-order chi connectivity index (χ0) is 17.6. The standard InChI is InChI=1S/C18H20N4O3/c1-12-10-15(20-25-12)18(22-8-6-21(7-9-22)17(23)24)11-13-4-2-3-5-14(13)16(18)19/h2-5,10,19H,6-9,11H2,1H3,(H,23,24). The SMILES string of the molecule is Cc1cc(C2(N3CCN(C(=O)O)CC3)Cc3ccccc3C2=N)no1. The van der Waals surface area contributed by atoms with Crippen molar-refractivity contribution in [1.29, 1.82) is 5.41 Å². The van der Waals surface area contributed by atoms with Crippen LogP contribution in [0.25, 0.3) is 0 Å². The number of carbonyl (C=O) groups is 1. The van der Waals surface area contributed by atoms with Crippen LogP contribution in [0, 0.1) is 12.3 Å². The van der Waals surface area contributed by atoms with Gasteiger partial charge in [0.1, 0.15) is 17.0 Å². The van der Waals surface area contributed by atoms with E-state index in [0.29, 0.717) is 44.1 Å². The molecule has 1 aliphatic heterocycles. The first-order valence-corrected chi connectivity index (χ1v) is 8.36. The summed E-state index contributed by atoms with van der Waals surface area (Å²) in [6, 6.07) is 9.84. The van der Waals surface area contributed by atoms with Crippen molar-refractivity contribution in [3.8, 4) is 0 Å². The highest BCUT2D eigenvalue weighted by Crippen LogP contribution is 2.42. The Labute approximate surface area is 145 Å².